The number of anilines is 1. The Bertz CT molecular complexity index is 1170. The number of benzene rings is 3. The first-order chi connectivity index (χ1) is 15.1. The summed E-state index contributed by atoms with van der Waals surface area (Å²) in [5.74, 6) is -0.654. The highest BCUT2D eigenvalue weighted by atomic mass is 32.2. The van der Waals surface area contributed by atoms with Crippen LogP contribution in [0.4, 0.5) is 18.9 Å². The molecule has 1 unspecified atom stereocenters. The van der Waals surface area contributed by atoms with Crippen LogP contribution in [0.2, 0.25) is 0 Å². The Morgan fingerprint density at radius 2 is 1.53 bits per heavy atom. The summed E-state index contributed by atoms with van der Waals surface area (Å²) >= 11 is 0. The van der Waals surface area contributed by atoms with E-state index in [2.05, 4.69) is 5.32 Å². The molecule has 3 rings (SSSR count). The van der Waals surface area contributed by atoms with Crippen molar-refractivity contribution in [1.82, 2.24) is 5.32 Å². The fourth-order valence-corrected chi connectivity index (χ4v) is 4.55. The van der Waals surface area contributed by atoms with Gasteiger partial charge in [-0.15, -0.1) is 0 Å². The number of sulfonamides is 1. The Morgan fingerprint density at radius 3 is 2.12 bits per heavy atom. The SMILES string of the molecule is CC(NC(=O)CN(c1cccc(C(F)(F)F)c1)S(=O)(=O)c1ccccc1)c1ccccc1. The quantitative estimate of drug-likeness (QED) is 0.550. The van der Waals surface area contributed by atoms with Gasteiger partial charge in [-0.1, -0.05) is 54.6 Å². The maximum atomic E-state index is 13.2. The number of hydrogen-bond acceptors (Lipinski definition) is 3. The molecule has 9 heteroatoms. The largest absolute Gasteiger partial charge is 0.416 e. The number of nitrogens with one attached hydrogen (secondary N) is 1. The molecule has 32 heavy (non-hydrogen) atoms. The third-order valence-electron chi connectivity index (χ3n) is 4.76. The number of alkyl halides is 3. The topological polar surface area (TPSA) is 66.5 Å². The molecule has 0 heterocycles. The van der Waals surface area contributed by atoms with Gasteiger partial charge in [0.1, 0.15) is 6.54 Å². The van der Waals surface area contributed by atoms with Crippen LogP contribution in [-0.2, 0) is 21.0 Å². The summed E-state index contributed by atoms with van der Waals surface area (Å²) < 4.78 is 66.9. The number of carbonyl (C=O) groups excluding carboxylic acids is 1. The van der Waals surface area contributed by atoms with E-state index in [9.17, 15) is 26.4 Å². The van der Waals surface area contributed by atoms with Gasteiger partial charge in [0.05, 0.1) is 22.2 Å². The summed E-state index contributed by atoms with van der Waals surface area (Å²) in [5.41, 5.74) is -0.468. The summed E-state index contributed by atoms with van der Waals surface area (Å²) in [6, 6.07) is 19.7. The summed E-state index contributed by atoms with van der Waals surface area (Å²) in [6.07, 6.45) is -4.66. The van der Waals surface area contributed by atoms with Crippen molar-refractivity contribution in [3.05, 3.63) is 96.1 Å². The number of halogens is 3. The minimum atomic E-state index is -4.66. The lowest BCUT2D eigenvalue weighted by atomic mass is 10.1. The van der Waals surface area contributed by atoms with E-state index in [-0.39, 0.29) is 10.6 Å². The van der Waals surface area contributed by atoms with Crippen molar-refractivity contribution in [2.45, 2.75) is 24.0 Å². The van der Waals surface area contributed by atoms with Crippen molar-refractivity contribution >= 4 is 21.6 Å². The molecule has 0 radical (unpaired) electrons. The van der Waals surface area contributed by atoms with Crippen LogP contribution in [0.15, 0.2) is 89.8 Å². The molecule has 0 aliphatic carbocycles. The number of carbonyl (C=O) groups is 1. The maximum Gasteiger partial charge on any atom is 0.416 e. The van der Waals surface area contributed by atoms with Crippen molar-refractivity contribution in [1.29, 1.82) is 0 Å². The number of amides is 1. The van der Waals surface area contributed by atoms with Crippen molar-refractivity contribution in [2.24, 2.45) is 0 Å². The lowest BCUT2D eigenvalue weighted by Crippen LogP contribution is -2.41. The zero-order chi connectivity index (χ0) is 23.4. The number of rotatable bonds is 7. The summed E-state index contributed by atoms with van der Waals surface area (Å²) in [7, 11) is -4.31. The third kappa shape index (κ3) is 5.47. The van der Waals surface area contributed by atoms with Crippen molar-refractivity contribution in [2.75, 3.05) is 10.8 Å². The average Bonchev–Trinajstić information content (AvgIpc) is 2.78. The van der Waals surface area contributed by atoms with Crippen molar-refractivity contribution in [3.8, 4) is 0 Å². The van der Waals surface area contributed by atoms with Gasteiger partial charge in [0.25, 0.3) is 10.0 Å². The van der Waals surface area contributed by atoms with Gasteiger partial charge < -0.3 is 5.32 Å². The molecule has 0 aliphatic rings. The molecule has 0 saturated carbocycles. The molecule has 3 aromatic carbocycles. The van der Waals surface area contributed by atoms with Crippen LogP contribution in [0.25, 0.3) is 0 Å². The smallest absolute Gasteiger partial charge is 0.348 e. The second-order valence-corrected chi connectivity index (χ2v) is 8.94. The molecule has 1 atom stereocenters. The van der Waals surface area contributed by atoms with Crippen LogP contribution in [0, 0.1) is 0 Å². The van der Waals surface area contributed by atoms with E-state index in [1.807, 2.05) is 6.07 Å². The minimum absolute atomic E-state index is 0.138. The van der Waals surface area contributed by atoms with E-state index >= 15 is 0 Å². The Labute approximate surface area is 184 Å². The predicted molar refractivity (Wildman–Crippen MR) is 115 cm³/mol. The molecule has 1 N–H and O–H groups in total. The zero-order valence-electron chi connectivity index (χ0n) is 17.1. The van der Waals surface area contributed by atoms with Crippen LogP contribution < -0.4 is 9.62 Å². The Hall–Kier alpha value is -3.33. The molecule has 168 valence electrons. The van der Waals surface area contributed by atoms with Gasteiger partial charge in [0.15, 0.2) is 0 Å². The highest BCUT2D eigenvalue weighted by Gasteiger charge is 2.33. The van der Waals surface area contributed by atoms with E-state index < -0.39 is 40.3 Å². The molecular formula is C23H21F3N2O3S. The second kappa shape index (κ2) is 9.44. The van der Waals surface area contributed by atoms with Gasteiger partial charge in [-0.05, 0) is 42.8 Å². The molecule has 0 aromatic heterocycles. The first kappa shape index (κ1) is 23.3. The fraction of sp³-hybridized carbons (Fsp3) is 0.174. The summed E-state index contributed by atoms with van der Waals surface area (Å²) in [5, 5.41) is 2.70. The van der Waals surface area contributed by atoms with Gasteiger partial charge in [0, 0.05) is 0 Å². The summed E-state index contributed by atoms with van der Waals surface area (Å²) in [4.78, 5) is 12.6. The standard InChI is InChI=1S/C23H21F3N2O3S/c1-17(18-9-4-2-5-10-18)27-22(29)16-28(32(30,31)21-13-6-3-7-14-21)20-12-8-11-19(15-20)23(24,25)26/h2-15,17H,16H2,1H3,(H,27,29). The lowest BCUT2D eigenvalue weighted by Gasteiger charge is -2.25. The van der Waals surface area contributed by atoms with Crippen LogP contribution in [0.5, 0.6) is 0 Å². The molecule has 0 saturated heterocycles. The van der Waals surface area contributed by atoms with E-state index in [0.29, 0.717) is 10.4 Å². The zero-order valence-corrected chi connectivity index (χ0v) is 17.9. The van der Waals surface area contributed by atoms with Gasteiger partial charge in [-0.25, -0.2) is 8.42 Å². The van der Waals surface area contributed by atoms with Crippen LogP contribution in [0.1, 0.15) is 24.1 Å². The van der Waals surface area contributed by atoms with E-state index in [1.54, 1.807) is 37.3 Å². The Balaban J connectivity index is 1.95. The second-order valence-electron chi connectivity index (χ2n) is 7.07. The Morgan fingerprint density at radius 1 is 0.938 bits per heavy atom. The molecule has 3 aromatic rings. The van der Waals surface area contributed by atoms with Gasteiger partial charge in [-0.2, -0.15) is 13.2 Å². The average molecular weight is 462 g/mol. The molecule has 1 amide bonds. The number of nitrogens with zero attached hydrogens (tertiary/aromatic N) is 1. The Kier molecular flexibility index (Phi) is 6.88. The lowest BCUT2D eigenvalue weighted by molar-refractivity contribution is -0.137. The third-order valence-corrected chi connectivity index (χ3v) is 6.55. The van der Waals surface area contributed by atoms with Crippen LogP contribution in [-0.4, -0.2) is 20.9 Å². The highest BCUT2D eigenvalue weighted by molar-refractivity contribution is 7.92. The van der Waals surface area contributed by atoms with Crippen molar-refractivity contribution < 1.29 is 26.4 Å². The van der Waals surface area contributed by atoms with Crippen LogP contribution in [0.3, 0.4) is 0 Å². The van der Waals surface area contributed by atoms with Gasteiger partial charge >= 0.3 is 6.18 Å². The monoisotopic (exact) mass is 462 g/mol. The molecular weight excluding hydrogens is 441 g/mol. The normalized spacial score (nSPS) is 12.8. The first-order valence-corrected chi connectivity index (χ1v) is 11.1. The maximum absolute atomic E-state index is 13.2. The minimum Gasteiger partial charge on any atom is -0.348 e. The molecule has 0 bridgehead atoms. The van der Waals surface area contributed by atoms with E-state index in [0.717, 1.165) is 17.7 Å². The fourth-order valence-electron chi connectivity index (χ4n) is 3.11. The first-order valence-electron chi connectivity index (χ1n) is 9.68. The summed E-state index contributed by atoms with van der Waals surface area (Å²) in [6.45, 7) is 1.04. The molecule has 0 spiro atoms. The molecule has 0 fully saturated rings. The van der Waals surface area contributed by atoms with Crippen molar-refractivity contribution in [3.63, 3.8) is 0 Å². The predicted octanol–water partition coefficient (Wildman–Crippen LogP) is 4.78. The van der Waals surface area contributed by atoms with Crippen LogP contribution >= 0.6 is 0 Å². The van der Waals surface area contributed by atoms with Gasteiger partial charge in [-0.3, -0.25) is 9.10 Å². The van der Waals surface area contributed by atoms with E-state index in [4.69, 9.17) is 0 Å². The highest BCUT2D eigenvalue weighted by Crippen LogP contribution is 2.33. The number of hydrogen-bond donors (Lipinski definition) is 1. The van der Waals surface area contributed by atoms with Gasteiger partial charge in [0.2, 0.25) is 5.91 Å². The van der Waals surface area contributed by atoms with E-state index in [1.165, 1.54) is 30.3 Å². The molecule has 5 nitrogen and oxygen atoms in total. The molecule has 0 aliphatic heterocycles.